The molecule has 1 heterocycles. The molecule has 0 radical (unpaired) electrons. The maximum Gasteiger partial charge on any atom is 0.208 e. The van der Waals surface area contributed by atoms with Crippen molar-refractivity contribution in [2.45, 2.75) is 13.0 Å². The highest BCUT2D eigenvalue weighted by Gasteiger charge is 2.27. The van der Waals surface area contributed by atoms with E-state index in [0.717, 1.165) is 28.8 Å². The van der Waals surface area contributed by atoms with Crippen molar-refractivity contribution >= 4 is 23.2 Å². The van der Waals surface area contributed by atoms with Crippen LogP contribution in [0.3, 0.4) is 0 Å². The Balaban J connectivity index is 2.24. The number of hydrogen-bond acceptors (Lipinski definition) is 2. The standard InChI is InChI=1S/C17H11Cl2F3N2O/c1-8-14(16(25)10-6-5-9(20)7-11(10)18)24(17(19)23-8)15-12(21)3-2-4-13(15)22/h2-7,16,25H,1H3. The van der Waals surface area contributed by atoms with E-state index < -0.39 is 29.2 Å². The molecule has 0 saturated carbocycles. The lowest BCUT2D eigenvalue weighted by atomic mass is 10.0. The largest absolute Gasteiger partial charge is 0.382 e. The molecule has 0 amide bonds. The number of nitrogens with zero attached hydrogens (tertiary/aromatic N) is 2. The topological polar surface area (TPSA) is 38.0 Å². The highest BCUT2D eigenvalue weighted by Crippen LogP contribution is 2.35. The van der Waals surface area contributed by atoms with Gasteiger partial charge in [0.2, 0.25) is 5.28 Å². The summed E-state index contributed by atoms with van der Waals surface area (Å²) in [6, 6.07) is 6.76. The summed E-state index contributed by atoms with van der Waals surface area (Å²) in [5.74, 6) is -2.33. The first kappa shape index (κ1) is 17.8. The van der Waals surface area contributed by atoms with Gasteiger partial charge in [-0.25, -0.2) is 18.2 Å². The molecule has 3 rings (SSSR count). The van der Waals surface area contributed by atoms with E-state index in [0.29, 0.717) is 0 Å². The van der Waals surface area contributed by atoms with E-state index in [1.54, 1.807) is 0 Å². The normalized spacial score (nSPS) is 12.4. The van der Waals surface area contributed by atoms with Crippen LogP contribution < -0.4 is 0 Å². The van der Waals surface area contributed by atoms with Crippen molar-refractivity contribution in [3.63, 3.8) is 0 Å². The fourth-order valence-electron chi connectivity index (χ4n) is 2.61. The first-order chi connectivity index (χ1) is 11.8. The Morgan fingerprint density at radius 3 is 2.32 bits per heavy atom. The van der Waals surface area contributed by atoms with Crippen LogP contribution in [0.5, 0.6) is 0 Å². The van der Waals surface area contributed by atoms with Gasteiger partial charge in [0.05, 0.1) is 11.4 Å². The van der Waals surface area contributed by atoms with Gasteiger partial charge in [-0.05, 0) is 42.8 Å². The average Bonchev–Trinajstić information content (AvgIpc) is 2.81. The Morgan fingerprint density at radius 2 is 1.72 bits per heavy atom. The summed E-state index contributed by atoms with van der Waals surface area (Å²) in [6.45, 7) is 1.52. The van der Waals surface area contributed by atoms with Crippen LogP contribution >= 0.6 is 23.2 Å². The van der Waals surface area contributed by atoms with E-state index in [2.05, 4.69) is 4.98 Å². The quantitative estimate of drug-likeness (QED) is 0.688. The van der Waals surface area contributed by atoms with Crippen molar-refractivity contribution in [2.75, 3.05) is 0 Å². The summed E-state index contributed by atoms with van der Waals surface area (Å²) >= 11 is 12.0. The third-order valence-corrected chi connectivity index (χ3v) is 4.31. The minimum Gasteiger partial charge on any atom is -0.382 e. The minimum absolute atomic E-state index is 0.0301. The Kier molecular flexibility index (Phi) is 4.77. The average molecular weight is 387 g/mol. The predicted octanol–water partition coefficient (Wildman–Crippen LogP) is 4.99. The summed E-state index contributed by atoms with van der Waals surface area (Å²) in [5, 5.41) is 10.4. The predicted molar refractivity (Wildman–Crippen MR) is 88.7 cm³/mol. The molecule has 130 valence electrons. The second kappa shape index (κ2) is 6.71. The third-order valence-electron chi connectivity index (χ3n) is 3.73. The molecule has 1 N–H and O–H groups in total. The van der Waals surface area contributed by atoms with Gasteiger partial charge in [-0.3, -0.25) is 4.57 Å². The first-order valence-electron chi connectivity index (χ1n) is 7.13. The molecule has 25 heavy (non-hydrogen) atoms. The zero-order valence-electron chi connectivity index (χ0n) is 12.8. The van der Waals surface area contributed by atoms with E-state index >= 15 is 0 Å². The van der Waals surface area contributed by atoms with Crippen LogP contribution in [0.2, 0.25) is 10.3 Å². The van der Waals surface area contributed by atoms with Crippen LogP contribution in [-0.2, 0) is 0 Å². The molecule has 0 fully saturated rings. The number of imidazole rings is 1. The Morgan fingerprint density at radius 1 is 1.08 bits per heavy atom. The zero-order chi connectivity index (χ0) is 18.3. The lowest BCUT2D eigenvalue weighted by Crippen LogP contribution is -2.12. The SMILES string of the molecule is Cc1nc(Cl)n(-c2c(F)cccc2F)c1C(O)c1ccc(F)cc1Cl. The molecule has 0 saturated heterocycles. The lowest BCUT2D eigenvalue weighted by Gasteiger charge is -2.18. The van der Waals surface area contributed by atoms with Gasteiger partial charge in [-0.2, -0.15) is 0 Å². The maximum atomic E-state index is 14.2. The van der Waals surface area contributed by atoms with Gasteiger partial charge in [0.25, 0.3) is 0 Å². The molecule has 2 aromatic carbocycles. The van der Waals surface area contributed by atoms with Crippen LogP contribution in [0.25, 0.3) is 5.69 Å². The molecule has 1 unspecified atom stereocenters. The molecule has 1 atom stereocenters. The summed E-state index contributed by atoms with van der Waals surface area (Å²) in [7, 11) is 0. The van der Waals surface area contributed by atoms with E-state index in [-0.39, 0.29) is 27.3 Å². The highest BCUT2D eigenvalue weighted by atomic mass is 35.5. The highest BCUT2D eigenvalue weighted by molar-refractivity contribution is 6.31. The van der Waals surface area contributed by atoms with Crippen molar-refractivity contribution in [1.29, 1.82) is 0 Å². The molecule has 3 nitrogen and oxygen atoms in total. The molecule has 0 spiro atoms. The molecule has 0 aliphatic carbocycles. The summed E-state index contributed by atoms with van der Waals surface area (Å²) in [5.41, 5.74) is -0.0378. The van der Waals surface area contributed by atoms with Crippen molar-refractivity contribution in [2.24, 2.45) is 0 Å². The minimum atomic E-state index is -1.42. The van der Waals surface area contributed by atoms with Crippen molar-refractivity contribution in [1.82, 2.24) is 9.55 Å². The van der Waals surface area contributed by atoms with E-state index in [9.17, 15) is 18.3 Å². The number of aliphatic hydroxyl groups is 1. The number of aryl methyl sites for hydroxylation is 1. The Bertz CT molecular complexity index is 939. The number of aromatic nitrogens is 2. The van der Waals surface area contributed by atoms with Crippen LogP contribution in [0.15, 0.2) is 36.4 Å². The van der Waals surface area contributed by atoms with Crippen molar-refractivity contribution in [3.05, 3.63) is 81.1 Å². The molecule has 0 aliphatic heterocycles. The molecule has 3 aromatic rings. The van der Waals surface area contributed by atoms with Gasteiger partial charge in [0, 0.05) is 10.6 Å². The summed E-state index contributed by atoms with van der Waals surface area (Å²) in [4.78, 5) is 3.98. The van der Waals surface area contributed by atoms with E-state index in [4.69, 9.17) is 23.2 Å². The fourth-order valence-corrected chi connectivity index (χ4v) is 3.19. The summed E-state index contributed by atoms with van der Waals surface area (Å²) < 4.78 is 42.6. The van der Waals surface area contributed by atoms with Gasteiger partial charge in [-0.1, -0.05) is 23.7 Å². The van der Waals surface area contributed by atoms with Crippen LogP contribution in [0.4, 0.5) is 13.2 Å². The summed E-state index contributed by atoms with van der Waals surface area (Å²) in [6.07, 6.45) is -1.42. The van der Waals surface area contributed by atoms with Crippen LogP contribution in [0.1, 0.15) is 23.1 Å². The monoisotopic (exact) mass is 386 g/mol. The molecular weight excluding hydrogens is 376 g/mol. The lowest BCUT2D eigenvalue weighted by molar-refractivity contribution is 0.212. The zero-order valence-corrected chi connectivity index (χ0v) is 14.3. The van der Waals surface area contributed by atoms with Gasteiger partial charge < -0.3 is 5.11 Å². The van der Waals surface area contributed by atoms with Crippen molar-refractivity contribution < 1.29 is 18.3 Å². The molecule has 8 heteroatoms. The number of rotatable bonds is 3. The second-order valence-corrected chi connectivity index (χ2v) is 6.07. The fraction of sp³-hybridized carbons (Fsp3) is 0.118. The maximum absolute atomic E-state index is 14.2. The number of hydrogen-bond donors (Lipinski definition) is 1. The Labute approximate surface area is 151 Å². The van der Waals surface area contributed by atoms with Gasteiger partial charge in [-0.15, -0.1) is 0 Å². The number of halogens is 5. The van der Waals surface area contributed by atoms with Crippen LogP contribution in [-0.4, -0.2) is 14.7 Å². The molecule has 0 aliphatic rings. The van der Waals surface area contributed by atoms with Gasteiger partial charge in [0.15, 0.2) is 0 Å². The first-order valence-corrected chi connectivity index (χ1v) is 7.89. The molecular formula is C17H11Cl2F3N2O. The number of aliphatic hydroxyl groups excluding tert-OH is 1. The van der Waals surface area contributed by atoms with E-state index in [1.165, 1.54) is 19.1 Å². The van der Waals surface area contributed by atoms with Gasteiger partial charge in [0.1, 0.15) is 29.2 Å². The van der Waals surface area contributed by atoms with E-state index in [1.807, 2.05) is 0 Å². The molecule has 0 bridgehead atoms. The number of benzene rings is 2. The van der Waals surface area contributed by atoms with Gasteiger partial charge >= 0.3 is 0 Å². The third kappa shape index (κ3) is 3.13. The second-order valence-electron chi connectivity index (χ2n) is 5.33. The smallest absolute Gasteiger partial charge is 0.208 e. The molecule has 1 aromatic heterocycles. The van der Waals surface area contributed by atoms with Crippen LogP contribution in [0, 0.1) is 24.4 Å². The Hall–Kier alpha value is -2.02. The van der Waals surface area contributed by atoms with Crippen molar-refractivity contribution in [3.8, 4) is 5.69 Å². The number of para-hydroxylation sites is 1.